The fourth-order valence-corrected chi connectivity index (χ4v) is 2.13. The molecule has 0 aliphatic heterocycles. The van der Waals surface area contributed by atoms with Gasteiger partial charge < -0.3 is 15.4 Å². The van der Waals surface area contributed by atoms with E-state index in [1.165, 1.54) is 6.07 Å². The molecule has 0 saturated heterocycles. The Kier molecular flexibility index (Phi) is 4.75. The fourth-order valence-electron chi connectivity index (χ4n) is 1.96. The van der Waals surface area contributed by atoms with Crippen LogP contribution in [0, 0.1) is 13.8 Å². The van der Waals surface area contributed by atoms with Crippen LogP contribution in [0.1, 0.15) is 21.5 Å². The molecular formula is C15H16ClN3O3. The van der Waals surface area contributed by atoms with Crippen molar-refractivity contribution in [1.29, 1.82) is 0 Å². The zero-order chi connectivity index (χ0) is 16.3. The summed E-state index contributed by atoms with van der Waals surface area (Å²) >= 11 is 6.00. The van der Waals surface area contributed by atoms with Crippen LogP contribution in [0.5, 0.6) is 5.75 Å². The van der Waals surface area contributed by atoms with E-state index >= 15 is 0 Å². The van der Waals surface area contributed by atoms with E-state index in [9.17, 15) is 4.79 Å². The van der Waals surface area contributed by atoms with E-state index in [1.54, 1.807) is 31.2 Å². The Hall–Kier alpha value is -2.44. The van der Waals surface area contributed by atoms with Crippen molar-refractivity contribution < 1.29 is 14.5 Å². The predicted octanol–water partition coefficient (Wildman–Crippen LogP) is 2.98. The number of nitrogen functional groups attached to an aromatic ring is 1. The van der Waals surface area contributed by atoms with Crippen molar-refractivity contribution in [3.05, 3.63) is 52.0 Å². The third-order valence-corrected chi connectivity index (χ3v) is 3.59. The van der Waals surface area contributed by atoms with Gasteiger partial charge in [-0.05, 0) is 49.2 Å². The Balaban J connectivity index is 2.15. The molecular weight excluding hydrogens is 306 g/mol. The summed E-state index contributed by atoms with van der Waals surface area (Å²) in [5.41, 5.74) is 10.9. The maximum atomic E-state index is 12.1. The molecule has 22 heavy (non-hydrogen) atoms. The SMILES string of the molecule is Cc1cc(C(=O)ONc2cccc(Cl)c2C)cc(N)c1ON. The molecule has 6 nitrogen and oxygen atoms in total. The first-order valence-corrected chi connectivity index (χ1v) is 6.81. The van der Waals surface area contributed by atoms with Crippen molar-refractivity contribution >= 4 is 28.9 Å². The summed E-state index contributed by atoms with van der Waals surface area (Å²) in [5, 5.41) is 0.575. The van der Waals surface area contributed by atoms with Crippen LogP contribution in [-0.2, 0) is 4.84 Å². The maximum Gasteiger partial charge on any atom is 0.362 e. The van der Waals surface area contributed by atoms with Crippen LogP contribution < -0.4 is 21.9 Å². The van der Waals surface area contributed by atoms with E-state index in [1.807, 2.05) is 6.92 Å². The number of anilines is 2. The van der Waals surface area contributed by atoms with Crippen molar-refractivity contribution in [2.75, 3.05) is 11.2 Å². The third-order valence-electron chi connectivity index (χ3n) is 3.18. The van der Waals surface area contributed by atoms with Crippen molar-refractivity contribution in [1.82, 2.24) is 0 Å². The normalized spacial score (nSPS) is 10.2. The Morgan fingerprint density at radius 1 is 1.27 bits per heavy atom. The van der Waals surface area contributed by atoms with Crippen LogP contribution in [0.15, 0.2) is 30.3 Å². The highest BCUT2D eigenvalue weighted by Crippen LogP contribution is 2.27. The lowest BCUT2D eigenvalue weighted by molar-refractivity contribution is 0.0596. The van der Waals surface area contributed by atoms with Gasteiger partial charge in [-0.1, -0.05) is 17.7 Å². The maximum absolute atomic E-state index is 12.1. The number of nitrogens with one attached hydrogen (secondary N) is 1. The molecule has 0 heterocycles. The van der Waals surface area contributed by atoms with Crippen molar-refractivity contribution in [3.8, 4) is 5.75 Å². The van der Waals surface area contributed by atoms with Gasteiger partial charge in [0.1, 0.15) is 0 Å². The molecule has 0 amide bonds. The average Bonchev–Trinajstić information content (AvgIpc) is 2.48. The highest BCUT2D eigenvalue weighted by atomic mass is 35.5. The molecule has 0 bridgehead atoms. The van der Waals surface area contributed by atoms with Gasteiger partial charge in [0.05, 0.1) is 16.9 Å². The molecule has 5 N–H and O–H groups in total. The first kappa shape index (κ1) is 15.9. The summed E-state index contributed by atoms with van der Waals surface area (Å²) < 4.78 is 0. The molecule has 0 unspecified atom stereocenters. The average molecular weight is 322 g/mol. The lowest BCUT2D eigenvalue weighted by Gasteiger charge is -2.12. The second-order valence-corrected chi connectivity index (χ2v) is 5.14. The first-order valence-electron chi connectivity index (χ1n) is 6.43. The summed E-state index contributed by atoms with van der Waals surface area (Å²) in [4.78, 5) is 21.8. The zero-order valence-electron chi connectivity index (χ0n) is 12.1. The number of hydrogen-bond donors (Lipinski definition) is 3. The molecule has 0 aromatic heterocycles. The van der Waals surface area contributed by atoms with Crippen molar-refractivity contribution in [2.24, 2.45) is 5.90 Å². The number of benzene rings is 2. The number of carbonyl (C=O) groups excluding carboxylic acids is 1. The summed E-state index contributed by atoms with van der Waals surface area (Å²) in [5.74, 6) is 4.87. The number of rotatable bonds is 4. The molecule has 2 aromatic rings. The van der Waals surface area contributed by atoms with Crippen LogP contribution in [0.4, 0.5) is 11.4 Å². The van der Waals surface area contributed by atoms with Gasteiger partial charge in [-0.25, -0.2) is 10.3 Å². The van der Waals surface area contributed by atoms with E-state index in [2.05, 4.69) is 10.3 Å². The first-order chi connectivity index (χ1) is 10.4. The van der Waals surface area contributed by atoms with Crippen LogP contribution >= 0.6 is 11.6 Å². The van der Waals surface area contributed by atoms with Gasteiger partial charge in [-0.15, -0.1) is 0 Å². The third kappa shape index (κ3) is 3.24. The Morgan fingerprint density at radius 3 is 2.64 bits per heavy atom. The van der Waals surface area contributed by atoms with Crippen molar-refractivity contribution in [2.45, 2.75) is 13.8 Å². The van der Waals surface area contributed by atoms with Crippen LogP contribution in [0.3, 0.4) is 0 Å². The molecule has 0 spiro atoms. The summed E-state index contributed by atoms with van der Waals surface area (Å²) in [6.07, 6.45) is 0. The minimum atomic E-state index is -0.585. The molecule has 116 valence electrons. The smallest absolute Gasteiger partial charge is 0.362 e. The van der Waals surface area contributed by atoms with Gasteiger partial charge in [0.15, 0.2) is 5.75 Å². The quantitative estimate of drug-likeness (QED) is 0.591. The molecule has 0 aliphatic carbocycles. The summed E-state index contributed by atoms with van der Waals surface area (Å²) in [7, 11) is 0. The lowest BCUT2D eigenvalue weighted by atomic mass is 10.1. The minimum Gasteiger partial charge on any atom is -0.409 e. The Bertz CT molecular complexity index is 696. The number of aryl methyl sites for hydroxylation is 1. The van der Waals surface area contributed by atoms with Gasteiger partial charge in [-0.3, -0.25) is 0 Å². The van der Waals surface area contributed by atoms with Gasteiger partial charge in [0, 0.05) is 5.02 Å². The molecule has 0 atom stereocenters. The molecule has 0 radical (unpaired) electrons. The molecule has 7 heteroatoms. The monoisotopic (exact) mass is 321 g/mol. The van der Waals surface area contributed by atoms with Gasteiger partial charge in [-0.2, -0.15) is 5.90 Å². The molecule has 2 rings (SSSR count). The zero-order valence-corrected chi connectivity index (χ0v) is 12.9. The predicted molar refractivity (Wildman–Crippen MR) is 85.6 cm³/mol. The minimum absolute atomic E-state index is 0.258. The highest BCUT2D eigenvalue weighted by molar-refractivity contribution is 6.31. The summed E-state index contributed by atoms with van der Waals surface area (Å²) in [6, 6.07) is 8.26. The van der Waals surface area contributed by atoms with E-state index in [0.29, 0.717) is 22.0 Å². The Labute approximate surface area is 132 Å². The van der Waals surface area contributed by atoms with Crippen LogP contribution in [-0.4, -0.2) is 5.97 Å². The van der Waals surface area contributed by atoms with E-state index in [-0.39, 0.29) is 11.3 Å². The standard InChI is InChI=1S/C15H16ClN3O3/c1-8-6-10(7-12(17)14(8)21-18)15(20)22-19-13-5-3-4-11(16)9(13)2/h3-7,19H,17-18H2,1-2H3. The molecule has 0 saturated carbocycles. The van der Waals surface area contributed by atoms with Gasteiger partial charge >= 0.3 is 5.97 Å². The number of halogens is 1. The fraction of sp³-hybridized carbons (Fsp3) is 0.133. The van der Waals surface area contributed by atoms with Gasteiger partial charge in [0.2, 0.25) is 0 Å². The second kappa shape index (κ2) is 6.55. The largest absolute Gasteiger partial charge is 0.409 e. The molecule has 2 aromatic carbocycles. The van der Waals surface area contributed by atoms with Crippen LogP contribution in [0.2, 0.25) is 5.02 Å². The van der Waals surface area contributed by atoms with E-state index in [0.717, 1.165) is 5.56 Å². The summed E-state index contributed by atoms with van der Waals surface area (Å²) in [6.45, 7) is 3.54. The topological polar surface area (TPSA) is 99.6 Å². The van der Waals surface area contributed by atoms with Gasteiger partial charge in [0.25, 0.3) is 0 Å². The number of carbonyl (C=O) groups is 1. The Morgan fingerprint density at radius 2 is 2.00 bits per heavy atom. The molecule has 0 fully saturated rings. The van der Waals surface area contributed by atoms with E-state index in [4.69, 9.17) is 28.1 Å². The highest BCUT2D eigenvalue weighted by Gasteiger charge is 2.14. The van der Waals surface area contributed by atoms with E-state index < -0.39 is 5.97 Å². The second-order valence-electron chi connectivity index (χ2n) is 4.73. The number of hydrogen-bond acceptors (Lipinski definition) is 6. The molecule has 0 aliphatic rings. The lowest BCUT2D eigenvalue weighted by Crippen LogP contribution is -2.13. The van der Waals surface area contributed by atoms with Crippen LogP contribution in [0.25, 0.3) is 0 Å². The number of nitrogens with two attached hydrogens (primary N) is 2. The van der Waals surface area contributed by atoms with Crippen molar-refractivity contribution in [3.63, 3.8) is 0 Å².